The minimum atomic E-state index is -0.0733. The molecule has 0 aromatic heterocycles. The summed E-state index contributed by atoms with van der Waals surface area (Å²) in [5.74, 6) is 0.790. The number of fused-ring (bicyclic) bond motifs is 2. The Kier molecular flexibility index (Phi) is 5.51. The molecule has 0 saturated carbocycles. The highest BCUT2D eigenvalue weighted by Crippen LogP contribution is 2.47. The monoisotopic (exact) mass is 323 g/mol. The Morgan fingerprint density at radius 1 is 1.27 bits per heavy atom. The lowest BCUT2D eigenvalue weighted by Crippen LogP contribution is -2.46. The van der Waals surface area contributed by atoms with Gasteiger partial charge in [-0.1, -0.05) is 29.8 Å². The van der Waals surface area contributed by atoms with Crippen LogP contribution in [0.3, 0.4) is 0 Å². The molecule has 0 aliphatic carbocycles. The molecule has 4 atom stereocenters. The van der Waals surface area contributed by atoms with Gasteiger partial charge >= 0.3 is 5.97 Å². The van der Waals surface area contributed by atoms with Gasteiger partial charge in [-0.05, 0) is 50.6 Å². The Bertz CT molecular complexity index is 516. The maximum absolute atomic E-state index is 11.9. The number of benzene rings is 1. The lowest BCUT2D eigenvalue weighted by atomic mass is 9.74. The fourth-order valence-corrected chi connectivity index (χ4v) is 4.33. The average molecular weight is 324 g/mol. The number of halogens is 1. The van der Waals surface area contributed by atoms with Gasteiger partial charge in [0.25, 0.3) is 0 Å². The summed E-state index contributed by atoms with van der Waals surface area (Å²) >= 11 is 0. The molecular weight excluding hydrogens is 298 g/mol. The van der Waals surface area contributed by atoms with Crippen molar-refractivity contribution in [2.75, 3.05) is 14.2 Å². The molecule has 1 aromatic carbocycles. The van der Waals surface area contributed by atoms with Gasteiger partial charge in [0.05, 0.1) is 13.5 Å². The Balaban J connectivity index is 0.00000176. The first-order chi connectivity index (χ1) is 10.1. The van der Waals surface area contributed by atoms with E-state index in [1.165, 1.54) is 31.1 Å². The van der Waals surface area contributed by atoms with Gasteiger partial charge in [0.2, 0.25) is 0 Å². The summed E-state index contributed by atoms with van der Waals surface area (Å²) in [6.45, 7) is 2.12. The van der Waals surface area contributed by atoms with Crippen LogP contribution in [0.2, 0.25) is 0 Å². The second-order valence-electron chi connectivity index (χ2n) is 6.66. The van der Waals surface area contributed by atoms with Crippen LogP contribution in [0.1, 0.15) is 42.7 Å². The van der Waals surface area contributed by atoms with Crippen LogP contribution in [0.5, 0.6) is 0 Å². The molecule has 0 spiro atoms. The smallest absolute Gasteiger partial charge is 0.305 e. The van der Waals surface area contributed by atoms with Crippen LogP contribution in [0, 0.1) is 12.8 Å². The summed E-state index contributed by atoms with van der Waals surface area (Å²) in [7, 11) is 3.71. The van der Waals surface area contributed by atoms with Crippen molar-refractivity contribution in [3.8, 4) is 0 Å². The molecule has 2 aliphatic heterocycles. The van der Waals surface area contributed by atoms with Crippen molar-refractivity contribution < 1.29 is 9.53 Å². The zero-order chi connectivity index (χ0) is 15.0. The number of nitrogens with zero attached hydrogens (tertiary/aromatic N) is 1. The first-order valence-corrected chi connectivity index (χ1v) is 7.95. The van der Waals surface area contributed by atoms with E-state index in [2.05, 4.69) is 43.1 Å². The van der Waals surface area contributed by atoms with E-state index in [4.69, 9.17) is 4.74 Å². The fourth-order valence-electron chi connectivity index (χ4n) is 4.33. The molecule has 0 radical (unpaired) electrons. The van der Waals surface area contributed by atoms with Crippen LogP contribution in [0.15, 0.2) is 24.3 Å². The molecule has 3 nitrogen and oxygen atoms in total. The Morgan fingerprint density at radius 3 is 2.59 bits per heavy atom. The predicted octanol–water partition coefficient (Wildman–Crippen LogP) is 3.55. The molecule has 0 amide bonds. The molecule has 2 aliphatic rings. The SMILES string of the molecule is COC(=O)CC1C2CC[C@H](C[C@@H]1c1ccc(C)cc1)N2C.Cl. The number of hydrogen-bond donors (Lipinski definition) is 0. The fraction of sp³-hybridized carbons (Fsp3) is 0.611. The third-order valence-electron chi connectivity index (χ3n) is 5.57. The van der Waals surface area contributed by atoms with E-state index in [0.29, 0.717) is 30.3 Å². The summed E-state index contributed by atoms with van der Waals surface area (Å²) < 4.78 is 4.94. The van der Waals surface area contributed by atoms with Crippen LogP contribution in [0.4, 0.5) is 0 Å². The third-order valence-corrected chi connectivity index (χ3v) is 5.57. The van der Waals surface area contributed by atoms with Crippen molar-refractivity contribution in [1.29, 1.82) is 0 Å². The van der Waals surface area contributed by atoms with Gasteiger partial charge in [-0.15, -0.1) is 12.4 Å². The van der Waals surface area contributed by atoms with Crippen LogP contribution < -0.4 is 0 Å². The van der Waals surface area contributed by atoms with Crippen molar-refractivity contribution in [2.45, 2.75) is 50.6 Å². The van der Waals surface area contributed by atoms with E-state index in [1.54, 1.807) is 0 Å². The van der Waals surface area contributed by atoms with Crippen molar-refractivity contribution in [3.63, 3.8) is 0 Å². The quantitative estimate of drug-likeness (QED) is 0.797. The molecule has 122 valence electrons. The summed E-state index contributed by atoms with van der Waals surface area (Å²) in [5.41, 5.74) is 2.68. The van der Waals surface area contributed by atoms with E-state index in [0.717, 1.165) is 6.42 Å². The number of aryl methyl sites for hydroxylation is 1. The van der Waals surface area contributed by atoms with Gasteiger partial charge in [-0.3, -0.25) is 4.79 Å². The van der Waals surface area contributed by atoms with Gasteiger partial charge < -0.3 is 9.64 Å². The van der Waals surface area contributed by atoms with E-state index < -0.39 is 0 Å². The van der Waals surface area contributed by atoms with Crippen molar-refractivity contribution in [3.05, 3.63) is 35.4 Å². The first-order valence-electron chi connectivity index (χ1n) is 7.95. The minimum absolute atomic E-state index is 0. The molecule has 1 aromatic rings. The van der Waals surface area contributed by atoms with Gasteiger partial charge in [-0.2, -0.15) is 0 Å². The van der Waals surface area contributed by atoms with Gasteiger partial charge in [0, 0.05) is 12.1 Å². The predicted molar refractivity (Wildman–Crippen MR) is 90.5 cm³/mol. The Labute approximate surface area is 139 Å². The van der Waals surface area contributed by atoms with Crippen LogP contribution in [-0.4, -0.2) is 37.1 Å². The third kappa shape index (κ3) is 3.16. The minimum Gasteiger partial charge on any atom is -0.469 e. The van der Waals surface area contributed by atoms with E-state index in [9.17, 15) is 4.79 Å². The van der Waals surface area contributed by atoms with Crippen molar-refractivity contribution in [1.82, 2.24) is 4.90 Å². The summed E-state index contributed by atoms with van der Waals surface area (Å²) in [6, 6.07) is 10.1. The van der Waals surface area contributed by atoms with E-state index in [1.807, 2.05) is 0 Å². The molecule has 22 heavy (non-hydrogen) atoms. The lowest BCUT2D eigenvalue weighted by Gasteiger charge is -2.43. The van der Waals surface area contributed by atoms with Crippen LogP contribution in [-0.2, 0) is 9.53 Å². The lowest BCUT2D eigenvalue weighted by molar-refractivity contribution is -0.142. The second-order valence-corrected chi connectivity index (χ2v) is 6.66. The number of rotatable bonds is 3. The maximum atomic E-state index is 11.9. The number of ether oxygens (including phenoxy) is 1. The highest BCUT2D eigenvalue weighted by molar-refractivity contribution is 5.85. The van der Waals surface area contributed by atoms with Crippen molar-refractivity contribution >= 4 is 18.4 Å². The molecule has 4 heteroatoms. The summed E-state index contributed by atoms with van der Waals surface area (Å²) in [4.78, 5) is 14.4. The molecule has 2 heterocycles. The number of hydrogen-bond acceptors (Lipinski definition) is 3. The summed E-state index contributed by atoms with van der Waals surface area (Å²) in [5, 5.41) is 0. The van der Waals surface area contributed by atoms with Gasteiger partial charge in [-0.25, -0.2) is 0 Å². The zero-order valence-corrected chi connectivity index (χ0v) is 14.4. The zero-order valence-electron chi connectivity index (χ0n) is 13.6. The number of carbonyl (C=O) groups excluding carboxylic acids is 1. The van der Waals surface area contributed by atoms with Crippen molar-refractivity contribution in [2.24, 2.45) is 5.92 Å². The molecule has 0 N–H and O–H groups in total. The van der Waals surface area contributed by atoms with E-state index >= 15 is 0 Å². The largest absolute Gasteiger partial charge is 0.469 e. The number of piperidine rings is 1. The number of methoxy groups -OCH3 is 1. The molecule has 2 bridgehead atoms. The van der Waals surface area contributed by atoms with E-state index in [-0.39, 0.29) is 18.4 Å². The molecule has 2 fully saturated rings. The molecule has 2 saturated heterocycles. The molecular formula is C18H26ClNO2. The standard InChI is InChI=1S/C18H25NO2.ClH/c1-12-4-6-13(7-5-12)15-10-14-8-9-17(19(14)2)16(15)11-18(20)21-3;/h4-7,14-17H,8-11H2,1-3H3;1H/t14-,15-,16?,17?;/m1./s1. The highest BCUT2D eigenvalue weighted by atomic mass is 35.5. The Morgan fingerprint density at radius 2 is 1.95 bits per heavy atom. The molecule has 3 rings (SSSR count). The highest BCUT2D eigenvalue weighted by Gasteiger charge is 2.46. The first kappa shape index (κ1) is 17.3. The Hall–Kier alpha value is -1.06. The maximum Gasteiger partial charge on any atom is 0.305 e. The van der Waals surface area contributed by atoms with Crippen LogP contribution >= 0.6 is 12.4 Å². The average Bonchev–Trinajstić information content (AvgIpc) is 2.73. The topological polar surface area (TPSA) is 29.5 Å². The molecule has 2 unspecified atom stereocenters. The van der Waals surface area contributed by atoms with Gasteiger partial charge in [0.15, 0.2) is 0 Å². The number of carbonyl (C=O) groups is 1. The van der Waals surface area contributed by atoms with Gasteiger partial charge in [0.1, 0.15) is 0 Å². The number of esters is 1. The normalized spacial score (nSPS) is 30.7. The van der Waals surface area contributed by atoms with Crippen LogP contribution in [0.25, 0.3) is 0 Å². The second kappa shape index (κ2) is 7.01. The summed E-state index contributed by atoms with van der Waals surface area (Å²) in [6.07, 6.45) is 4.18.